The van der Waals surface area contributed by atoms with Crippen molar-refractivity contribution in [1.82, 2.24) is 10.3 Å². The van der Waals surface area contributed by atoms with Crippen molar-refractivity contribution < 1.29 is 14.6 Å². The second kappa shape index (κ2) is 7.00. The maximum Gasteiger partial charge on any atom is 0.226 e. The van der Waals surface area contributed by atoms with E-state index in [-0.39, 0.29) is 24.0 Å². The largest absolute Gasteiger partial charge is 0.493 e. The highest BCUT2D eigenvalue weighted by molar-refractivity contribution is 7.11. The van der Waals surface area contributed by atoms with Gasteiger partial charge in [0.1, 0.15) is 5.75 Å². The second-order valence-corrected chi connectivity index (χ2v) is 8.72. The molecular formula is C20H24N2O3S. The van der Waals surface area contributed by atoms with Crippen LogP contribution in [0.2, 0.25) is 0 Å². The molecule has 26 heavy (non-hydrogen) atoms. The molecule has 1 aliphatic heterocycles. The summed E-state index contributed by atoms with van der Waals surface area (Å²) in [6.45, 7) is 4.69. The molecule has 2 N–H and O–H groups in total. The van der Waals surface area contributed by atoms with Crippen LogP contribution in [-0.4, -0.2) is 28.7 Å². The first-order valence-electron chi connectivity index (χ1n) is 9.15. The van der Waals surface area contributed by atoms with Crippen LogP contribution in [0.5, 0.6) is 5.75 Å². The minimum Gasteiger partial charge on any atom is -0.493 e. The van der Waals surface area contributed by atoms with E-state index in [2.05, 4.69) is 16.4 Å². The molecule has 5 nitrogen and oxygen atoms in total. The van der Waals surface area contributed by atoms with Gasteiger partial charge in [0.2, 0.25) is 5.91 Å². The summed E-state index contributed by atoms with van der Waals surface area (Å²) in [5.74, 6) is 1.20. The van der Waals surface area contributed by atoms with Crippen LogP contribution in [0.3, 0.4) is 0 Å². The molecule has 1 aromatic heterocycles. The Labute approximate surface area is 157 Å². The molecule has 138 valence electrons. The molecule has 2 aliphatic rings. The number of amides is 1. The number of nitrogens with one attached hydrogen (secondary N) is 1. The van der Waals surface area contributed by atoms with Crippen molar-refractivity contribution in [1.29, 1.82) is 0 Å². The smallest absolute Gasteiger partial charge is 0.226 e. The van der Waals surface area contributed by atoms with Gasteiger partial charge in [-0.3, -0.25) is 4.79 Å². The standard InChI is InChI=1S/C20H24N2O3S/c1-11-17(21-12(2)26-11)10-19(24)22-20(15-8-16(23)9-15)14-3-4-18-13(7-14)5-6-25-18/h3-4,7,15-16,20,23H,5-6,8-10H2,1-2H3,(H,22,24). The number of rotatable bonds is 5. The zero-order valence-electron chi connectivity index (χ0n) is 15.1. The van der Waals surface area contributed by atoms with Gasteiger partial charge in [-0.15, -0.1) is 11.3 Å². The van der Waals surface area contributed by atoms with Gasteiger partial charge < -0.3 is 15.2 Å². The lowest BCUT2D eigenvalue weighted by Gasteiger charge is -2.38. The summed E-state index contributed by atoms with van der Waals surface area (Å²) in [5, 5.41) is 13.9. The molecule has 1 amide bonds. The molecule has 1 aliphatic carbocycles. The average Bonchev–Trinajstić information content (AvgIpc) is 3.15. The van der Waals surface area contributed by atoms with Crippen molar-refractivity contribution in [3.05, 3.63) is 44.9 Å². The first-order chi connectivity index (χ1) is 12.5. The van der Waals surface area contributed by atoms with E-state index < -0.39 is 0 Å². The third kappa shape index (κ3) is 3.48. The van der Waals surface area contributed by atoms with Gasteiger partial charge in [-0.2, -0.15) is 0 Å². The fraction of sp³-hybridized carbons (Fsp3) is 0.500. The van der Waals surface area contributed by atoms with Crippen molar-refractivity contribution in [2.24, 2.45) is 5.92 Å². The van der Waals surface area contributed by atoms with Gasteiger partial charge in [0.25, 0.3) is 0 Å². The second-order valence-electron chi connectivity index (χ2n) is 7.31. The van der Waals surface area contributed by atoms with E-state index in [0.29, 0.717) is 6.42 Å². The SMILES string of the molecule is Cc1nc(CC(=O)NC(c2ccc3c(c2)CCO3)C2CC(O)C2)c(C)s1. The Morgan fingerprint density at radius 1 is 1.42 bits per heavy atom. The topological polar surface area (TPSA) is 71.5 Å². The minimum absolute atomic E-state index is 0.0125. The monoisotopic (exact) mass is 372 g/mol. The fourth-order valence-electron chi connectivity index (χ4n) is 3.89. The number of nitrogens with zero attached hydrogens (tertiary/aromatic N) is 1. The van der Waals surface area contributed by atoms with Gasteiger partial charge in [-0.1, -0.05) is 6.07 Å². The molecule has 0 spiro atoms. The number of aryl methyl sites for hydroxylation is 2. The summed E-state index contributed by atoms with van der Waals surface area (Å²) >= 11 is 1.62. The number of aromatic nitrogens is 1. The van der Waals surface area contributed by atoms with Crippen molar-refractivity contribution >= 4 is 17.2 Å². The summed E-state index contributed by atoms with van der Waals surface area (Å²) in [5.41, 5.74) is 3.16. The normalized spacial score (nSPS) is 22.3. The van der Waals surface area contributed by atoms with E-state index in [1.165, 1.54) is 5.56 Å². The van der Waals surface area contributed by atoms with Crippen molar-refractivity contribution in [2.75, 3.05) is 6.61 Å². The molecule has 1 atom stereocenters. The summed E-state index contributed by atoms with van der Waals surface area (Å²) in [6.07, 6.45) is 2.42. The quantitative estimate of drug-likeness (QED) is 0.847. The van der Waals surface area contributed by atoms with Crippen molar-refractivity contribution in [2.45, 2.75) is 51.7 Å². The highest BCUT2D eigenvalue weighted by Gasteiger charge is 2.36. The zero-order chi connectivity index (χ0) is 18.3. The number of carbonyl (C=O) groups is 1. The summed E-state index contributed by atoms with van der Waals surface area (Å²) < 4.78 is 5.59. The van der Waals surface area contributed by atoms with Crippen molar-refractivity contribution in [3.63, 3.8) is 0 Å². The molecule has 2 aromatic rings. The lowest BCUT2D eigenvalue weighted by atomic mass is 9.74. The summed E-state index contributed by atoms with van der Waals surface area (Å²) in [7, 11) is 0. The third-order valence-electron chi connectivity index (χ3n) is 5.34. The molecule has 0 saturated heterocycles. The Morgan fingerprint density at radius 2 is 2.23 bits per heavy atom. The van der Waals surface area contributed by atoms with Crippen LogP contribution in [-0.2, 0) is 17.6 Å². The number of hydrogen-bond acceptors (Lipinski definition) is 5. The Bertz CT molecular complexity index is 826. The molecule has 1 aromatic carbocycles. The Hall–Kier alpha value is -1.92. The number of thiazole rings is 1. The van der Waals surface area contributed by atoms with Gasteiger partial charge in [0, 0.05) is 11.3 Å². The molecular weight excluding hydrogens is 348 g/mol. The van der Waals surface area contributed by atoms with Crippen LogP contribution in [0.4, 0.5) is 0 Å². The maximum atomic E-state index is 12.7. The Morgan fingerprint density at radius 3 is 2.92 bits per heavy atom. The number of aliphatic hydroxyl groups excluding tert-OH is 1. The molecule has 6 heteroatoms. The Balaban J connectivity index is 1.52. The molecule has 4 rings (SSSR count). The number of ether oxygens (including phenoxy) is 1. The fourth-order valence-corrected chi connectivity index (χ4v) is 4.72. The van der Waals surface area contributed by atoms with E-state index in [1.54, 1.807) is 11.3 Å². The molecule has 1 saturated carbocycles. The summed E-state index contributed by atoms with van der Waals surface area (Å²) in [4.78, 5) is 18.3. The van der Waals surface area contributed by atoms with E-state index >= 15 is 0 Å². The molecule has 1 unspecified atom stereocenters. The number of carbonyl (C=O) groups excluding carboxylic acids is 1. The predicted octanol–water partition coefficient (Wildman–Crippen LogP) is 2.87. The van der Waals surface area contributed by atoms with Gasteiger partial charge in [-0.05, 0) is 55.9 Å². The van der Waals surface area contributed by atoms with Gasteiger partial charge in [0.05, 0.1) is 35.9 Å². The van der Waals surface area contributed by atoms with Crippen molar-refractivity contribution in [3.8, 4) is 5.75 Å². The van der Waals surface area contributed by atoms with E-state index in [9.17, 15) is 9.90 Å². The zero-order valence-corrected chi connectivity index (χ0v) is 15.9. The predicted molar refractivity (Wildman–Crippen MR) is 101 cm³/mol. The lowest BCUT2D eigenvalue weighted by molar-refractivity contribution is -0.122. The van der Waals surface area contributed by atoms with E-state index in [0.717, 1.165) is 52.8 Å². The van der Waals surface area contributed by atoms with Crippen LogP contribution in [0.25, 0.3) is 0 Å². The van der Waals surface area contributed by atoms with Gasteiger partial charge in [0.15, 0.2) is 0 Å². The molecule has 1 fully saturated rings. The number of aliphatic hydroxyl groups is 1. The van der Waals surface area contributed by atoms with Crippen LogP contribution in [0.1, 0.15) is 45.6 Å². The first-order valence-corrected chi connectivity index (χ1v) is 9.97. The maximum absolute atomic E-state index is 12.7. The lowest BCUT2D eigenvalue weighted by Crippen LogP contribution is -2.42. The number of fused-ring (bicyclic) bond motifs is 1. The molecule has 2 heterocycles. The number of benzene rings is 1. The van der Waals surface area contributed by atoms with E-state index in [4.69, 9.17) is 4.74 Å². The number of hydrogen-bond donors (Lipinski definition) is 2. The van der Waals surface area contributed by atoms with Crippen LogP contribution in [0.15, 0.2) is 18.2 Å². The first kappa shape index (κ1) is 17.5. The van der Waals surface area contributed by atoms with Crippen LogP contribution < -0.4 is 10.1 Å². The van der Waals surface area contributed by atoms with Crippen LogP contribution >= 0.6 is 11.3 Å². The Kier molecular flexibility index (Phi) is 4.71. The van der Waals surface area contributed by atoms with Crippen LogP contribution in [0, 0.1) is 19.8 Å². The highest BCUT2D eigenvalue weighted by Crippen LogP contribution is 2.39. The molecule has 0 bridgehead atoms. The highest BCUT2D eigenvalue weighted by atomic mass is 32.1. The summed E-state index contributed by atoms with van der Waals surface area (Å²) in [6, 6.07) is 6.12. The average molecular weight is 372 g/mol. The van der Waals surface area contributed by atoms with E-state index in [1.807, 2.05) is 26.0 Å². The minimum atomic E-state index is -0.249. The molecule has 0 radical (unpaired) electrons. The van der Waals surface area contributed by atoms with Gasteiger partial charge >= 0.3 is 0 Å². The third-order valence-corrected chi connectivity index (χ3v) is 6.27. The van der Waals surface area contributed by atoms with Gasteiger partial charge in [-0.25, -0.2) is 4.98 Å².